The van der Waals surface area contributed by atoms with Crippen LogP contribution in [0.15, 0.2) is 52.4 Å². The lowest BCUT2D eigenvalue weighted by Gasteiger charge is -2.17. The highest BCUT2D eigenvalue weighted by atomic mass is 32.2. The van der Waals surface area contributed by atoms with Gasteiger partial charge >= 0.3 is 0 Å². The average molecular weight is 486 g/mol. The highest BCUT2D eigenvalue weighted by Gasteiger charge is 2.20. The van der Waals surface area contributed by atoms with E-state index in [1.165, 1.54) is 11.8 Å². The average Bonchev–Trinajstić information content (AvgIpc) is 2.82. The van der Waals surface area contributed by atoms with E-state index < -0.39 is 5.25 Å². The Morgan fingerprint density at radius 2 is 1.76 bits per heavy atom. The van der Waals surface area contributed by atoms with Crippen LogP contribution in [-0.4, -0.2) is 47.6 Å². The Labute approximate surface area is 203 Å². The van der Waals surface area contributed by atoms with Crippen molar-refractivity contribution in [2.45, 2.75) is 50.2 Å². The number of ether oxygens (including phenoxy) is 3. The van der Waals surface area contributed by atoms with Crippen molar-refractivity contribution in [1.82, 2.24) is 9.55 Å². The Kier molecular flexibility index (Phi) is 8.95. The van der Waals surface area contributed by atoms with Crippen LogP contribution in [-0.2, 0) is 16.1 Å². The third-order valence-corrected chi connectivity index (χ3v) is 6.16. The van der Waals surface area contributed by atoms with E-state index in [2.05, 4.69) is 5.32 Å². The number of methoxy groups -OCH3 is 2. The second-order valence-corrected chi connectivity index (χ2v) is 9.30. The normalized spacial score (nSPS) is 12.1. The van der Waals surface area contributed by atoms with E-state index in [1.807, 2.05) is 26.0 Å². The molecular formula is C25H31N3O5S. The number of thioether (sulfide) groups is 1. The number of nitrogens with zero attached hydrogens (tertiary/aromatic N) is 2. The van der Waals surface area contributed by atoms with Gasteiger partial charge in [-0.25, -0.2) is 4.98 Å². The second-order valence-electron chi connectivity index (χ2n) is 7.99. The molecular weight excluding hydrogens is 454 g/mol. The van der Waals surface area contributed by atoms with Crippen molar-refractivity contribution in [1.29, 1.82) is 0 Å². The van der Waals surface area contributed by atoms with Crippen LogP contribution in [0, 0.1) is 0 Å². The molecule has 0 aliphatic carbocycles. The lowest BCUT2D eigenvalue weighted by Crippen LogP contribution is -2.27. The minimum Gasteiger partial charge on any atom is -0.497 e. The van der Waals surface area contributed by atoms with Crippen LogP contribution in [0.25, 0.3) is 10.9 Å². The van der Waals surface area contributed by atoms with Gasteiger partial charge in [0.15, 0.2) is 5.16 Å². The summed E-state index contributed by atoms with van der Waals surface area (Å²) in [6.07, 6.45) is 0.787. The Bertz CT molecular complexity index is 1170. The first kappa shape index (κ1) is 25.6. The number of anilines is 1. The Balaban J connectivity index is 1.82. The quantitative estimate of drug-likeness (QED) is 0.245. The molecule has 1 atom stereocenters. The van der Waals surface area contributed by atoms with E-state index >= 15 is 0 Å². The molecule has 182 valence electrons. The molecule has 34 heavy (non-hydrogen) atoms. The molecule has 3 aromatic rings. The lowest BCUT2D eigenvalue weighted by atomic mass is 10.2. The van der Waals surface area contributed by atoms with Crippen LogP contribution in [0.5, 0.6) is 11.5 Å². The van der Waals surface area contributed by atoms with Crippen LogP contribution in [0.1, 0.15) is 27.2 Å². The van der Waals surface area contributed by atoms with Crippen LogP contribution in [0.4, 0.5) is 5.69 Å². The molecule has 2 aromatic carbocycles. The summed E-state index contributed by atoms with van der Waals surface area (Å²) in [5.41, 5.74) is 1.04. The number of rotatable bonds is 11. The largest absolute Gasteiger partial charge is 0.497 e. The molecule has 0 saturated carbocycles. The fourth-order valence-electron chi connectivity index (χ4n) is 3.31. The lowest BCUT2D eigenvalue weighted by molar-refractivity contribution is -0.115. The first-order valence-electron chi connectivity index (χ1n) is 11.1. The number of fused-ring (bicyclic) bond motifs is 1. The van der Waals surface area contributed by atoms with Crippen molar-refractivity contribution in [3.63, 3.8) is 0 Å². The maximum atomic E-state index is 13.2. The van der Waals surface area contributed by atoms with E-state index in [1.54, 1.807) is 56.0 Å². The number of hydrogen-bond acceptors (Lipinski definition) is 7. The fraction of sp³-hybridized carbons (Fsp3) is 0.400. The number of hydrogen-bond donors (Lipinski definition) is 1. The van der Waals surface area contributed by atoms with Gasteiger partial charge in [0.2, 0.25) is 5.91 Å². The molecule has 0 spiro atoms. The molecule has 0 fully saturated rings. The molecule has 0 radical (unpaired) electrons. The van der Waals surface area contributed by atoms with Crippen molar-refractivity contribution in [3.8, 4) is 11.5 Å². The number of carbonyl (C=O) groups is 1. The number of carbonyl (C=O) groups excluding carboxylic acids is 1. The molecule has 1 unspecified atom stereocenters. The summed E-state index contributed by atoms with van der Waals surface area (Å²) < 4.78 is 17.8. The van der Waals surface area contributed by atoms with Gasteiger partial charge in [-0.3, -0.25) is 14.2 Å². The summed E-state index contributed by atoms with van der Waals surface area (Å²) >= 11 is 1.25. The maximum absolute atomic E-state index is 13.2. The van der Waals surface area contributed by atoms with Gasteiger partial charge in [0.25, 0.3) is 5.56 Å². The number of aromatic nitrogens is 2. The molecule has 1 amide bonds. The first-order valence-corrected chi connectivity index (χ1v) is 12.0. The summed E-state index contributed by atoms with van der Waals surface area (Å²) in [5.74, 6) is 0.921. The minimum absolute atomic E-state index is 0.122. The van der Waals surface area contributed by atoms with Gasteiger partial charge in [-0.1, -0.05) is 23.9 Å². The zero-order valence-corrected chi connectivity index (χ0v) is 21.0. The van der Waals surface area contributed by atoms with Gasteiger partial charge in [0, 0.05) is 37.0 Å². The van der Waals surface area contributed by atoms with Gasteiger partial charge in [-0.2, -0.15) is 0 Å². The van der Waals surface area contributed by atoms with Gasteiger partial charge in [-0.05, 0) is 39.3 Å². The van der Waals surface area contributed by atoms with E-state index in [-0.39, 0.29) is 17.6 Å². The van der Waals surface area contributed by atoms with E-state index in [0.29, 0.717) is 52.8 Å². The molecule has 1 N–H and O–H groups in total. The van der Waals surface area contributed by atoms with Crippen molar-refractivity contribution in [2.75, 3.05) is 26.1 Å². The number of nitrogens with one attached hydrogen (secondary N) is 1. The summed E-state index contributed by atoms with van der Waals surface area (Å²) in [6, 6.07) is 12.4. The highest BCUT2D eigenvalue weighted by molar-refractivity contribution is 8.00. The summed E-state index contributed by atoms with van der Waals surface area (Å²) in [5, 5.41) is 3.43. The molecule has 8 nitrogen and oxygen atoms in total. The summed E-state index contributed by atoms with van der Waals surface area (Å²) in [6.45, 7) is 6.72. The number of amides is 1. The van der Waals surface area contributed by atoms with Crippen molar-refractivity contribution in [3.05, 3.63) is 52.8 Å². The van der Waals surface area contributed by atoms with Crippen LogP contribution >= 0.6 is 11.8 Å². The number of para-hydroxylation sites is 1. The maximum Gasteiger partial charge on any atom is 0.262 e. The monoisotopic (exact) mass is 485 g/mol. The van der Waals surface area contributed by atoms with Gasteiger partial charge < -0.3 is 19.5 Å². The van der Waals surface area contributed by atoms with Crippen molar-refractivity contribution < 1.29 is 19.0 Å². The molecule has 0 aliphatic rings. The van der Waals surface area contributed by atoms with E-state index in [4.69, 9.17) is 19.2 Å². The minimum atomic E-state index is -0.511. The molecule has 9 heteroatoms. The Morgan fingerprint density at radius 3 is 2.41 bits per heavy atom. The standard InChI is InChI=1S/C25H31N3O5S/c1-16(2)33-12-8-11-28-24(30)21-9-6-7-10-22(21)27-25(28)34-17(3)23(29)26-18-13-19(31-4)15-20(14-18)32-5/h6-7,9-10,13-17H,8,11-12H2,1-5H3,(H,26,29). The molecule has 1 aromatic heterocycles. The summed E-state index contributed by atoms with van der Waals surface area (Å²) in [4.78, 5) is 30.9. The van der Waals surface area contributed by atoms with Gasteiger partial charge in [-0.15, -0.1) is 0 Å². The Hall–Kier alpha value is -3.04. The SMILES string of the molecule is COc1cc(NC(=O)C(C)Sc2nc3ccccc3c(=O)n2CCCOC(C)C)cc(OC)c1. The van der Waals surface area contributed by atoms with E-state index in [0.717, 1.165) is 0 Å². The molecule has 3 rings (SSSR count). The fourth-order valence-corrected chi connectivity index (χ4v) is 4.25. The van der Waals surface area contributed by atoms with E-state index in [9.17, 15) is 9.59 Å². The molecule has 0 aliphatic heterocycles. The van der Waals surface area contributed by atoms with Crippen molar-refractivity contribution in [2.24, 2.45) is 0 Å². The smallest absolute Gasteiger partial charge is 0.262 e. The van der Waals surface area contributed by atoms with Crippen LogP contribution in [0.3, 0.4) is 0 Å². The molecule has 0 saturated heterocycles. The predicted molar refractivity (Wildman–Crippen MR) is 135 cm³/mol. The van der Waals surface area contributed by atoms with Gasteiger partial charge in [0.05, 0.1) is 36.5 Å². The first-order chi connectivity index (χ1) is 16.3. The highest BCUT2D eigenvalue weighted by Crippen LogP contribution is 2.28. The second kappa shape index (κ2) is 11.9. The third-order valence-electron chi connectivity index (χ3n) is 5.07. The number of benzene rings is 2. The summed E-state index contributed by atoms with van der Waals surface area (Å²) in [7, 11) is 3.10. The van der Waals surface area contributed by atoms with Crippen molar-refractivity contribution >= 4 is 34.3 Å². The predicted octanol–water partition coefficient (Wildman–Crippen LogP) is 4.35. The van der Waals surface area contributed by atoms with Crippen LogP contribution in [0.2, 0.25) is 0 Å². The molecule has 0 bridgehead atoms. The topological polar surface area (TPSA) is 91.7 Å². The van der Waals surface area contributed by atoms with Crippen LogP contribution < -0.4 is 20.3 Å². The van der Waals surface area contributed by atoms with Gasteiger partial charge in [0.1, 0.15) is 11.5 Å². The molecule has 1 heterocycles. The zero-order valence-electron chi connectivity index (χ0n) is 20.2. The zero-order chi connectivity index (χ0) is 24.7. The third kappa shape index (κ3) is 6.51. The Morgan fingerprint density at radius 1 is 1.09 bits per heavy atom.